The molecular weight excluding hydrogens is 499 g/mol. The van der Waals surface area contributed by atoms with Crippen molar-refractivity contribution in [1.82, 2.24) is 15.5 Å². The number of halogens is 3. The highest BCUT2D eigenvalue weighted by Gasteiger charge is 2.64. The van der Waals surface area contributed by atoms with Crippen molar-refractivity contribution in [2.75, 3.05) is 0 Å². The molecule has 1 saturated heterocycles. The minimum absolute atomic E-state index is 0.00110. The molecule has 2 aliphatic heterocycles. The Hall–Kier alpha value is -3.54. The highest BCUT2D eigenvalue weighted by Crippen LogP contribution is 2.58. The Bertz CT molecular complexity index is 1300. The lowest BCUT2D eigenvalue weighted by Crippen LogP contribution is -2.52. The molecule has 1 atom stereocenters. The van der Waals surface area contributed by atoms with E-state index in [-0.39, 0.29) is 61.7 Å². The summed E-state index contributed by atoms with van der Waals surface area (Å²) in [4.78, 5) is 63.4. The molecule has 1 unspecified atom stereocenters. The number of Topliss-reactive ketones (excluding diaryl/α,β-unsaturated/α-hetero) is 1. The van der Waals surface area contributed by atoms with Crippen molar-refractivity contribution in [2.45, 2.75) is 56.4 Å². The first-order valence-electron chi connectivity index (χ1n) is 11.3. The zero-order valence-electron chi connectivity index (χ0n) is 18.7. The van der Waals surface area contributed by atoms with Crippen LogP contribution in [0.3, 0.4) is 0 Å². The Morgan fingerprint density at radius 1 is 1.14 bits per heavy atom. The molecule has 3 heterocycles. The number of hydrogen-bond acceptors (Lipinski definition) is 6. The maximum Gasteiger partial charge on any atom is 0.398 e. The van der Waals surface area contributed by atoms with Gasteiger partial charge in [0.2, 0.25) is 17.6 Å². The Kier molecular flexibility index (Phi) is 5.73. The van der Waals surface area contributed by atoms with E-state index in [1.807, 2.05) is 0 Å². The normalized spacial score (nSPS) is 20.7. The van der Waals surface area contributed by atoms with Crippen molar-refractivity contribution in [3.05, 3.63) is 56.8 Å². The first-order chi connectivity index (χ1) is 17.0. The van der Waals surface area contributed by atoms with E-state index in [1.165, 1.54) is 40.5 Å². The van der Waals surface area contributed by atoms with Crippen LogP contribution in [0.15, 0.2) is 29.6 Å². The van der Waals surface area contributed by atoms with Gasteiger partial charge in [0.05, 0.1) is 17.5 Å². The summed E-state index contributed by atoms with van der Waals surface area (Å²) in [5.41, 5.74) is -0.755. The molecular formula is C24H20F3N3O5S. The smallest absolute Gasteiger partial charge is 0.344 e. The molecule has 2 N–H and O–H groups in total. The van der Waals surface area contributed by atoms with Crippen molar-refractivity contribution < 1.29 is 37.1 Å². The van der Waals surface area contributed by atoms with Crippen molar-refractivity contribution in [3.63, 3.8) is 0 Å². The second kappa shape index (κ2) is 8.54. The maximum absolute atomic E-state index is 13.3. The van der Waals surface area contributed by atoms with Gasteiger partial charge in [-0.15, -0.1) is 11.3 Å². The molecule has 0 bridgehead atoms. The number of nitrogens with one attached hydrogen (secondary N) is 2. The van der Waals surface area contributed by atoms with Crippen molar-refractivity contribution in [2.24, 2.45) is 0 Å². The number of benzene rings is 1. The SMILES string of the molecule is O=C1CCC(N2Cc3c(csc3CNC(=O)C(=O)c3ccc(C4(C(F)(F)F)CC4)cc3)C2=O)C(=O)N1. The molecule has 2 aromatic rings. The van der Waals surface area contributed by atoms with E-state index in [1.54, 1.807) is 5.38 Å². The first-order valence-corrected chi connectivity index (χ1v) is 12.1. The van der Waals surface area contributed by atoms with Gasteiger partial charge in [0.25, 0.3) is 11.8 Å². The molecule has 188 valence electrons. The van der Waals surface area contributed by atoms with Crippen LogP contribution in [0.1, 0.15) is 62.4 Å². The third kappa shape index (κ3) is 3.98. The molecule has 1 aromatic heterocycles. The number of rotatable bonds is 6. The minimum atomic E-state index is -4.37. The number of fused-ring (bicyclic) bond motifs is 1. The molecule has 4 amide bonds. The predicted molar refractivity (Wildman–Crippen MR) is 120 cm³/mol. The summed E-state index contributed by atoms with van der Waals surface area (Å²) >= 11 is 1.23. The van der Waals surface area contributed by atoms with E-state index in [2.05, 4.69) is 10.6 Å². The Morgan fingerprint density at radius 3 is 2.44 bits per heavy atom. The summed E-state index contributed by atoms with van der Waals surface area (Å²) in [7, 11) is 0. The summed E-state index contributed by atoms with van der Waals surface area (Å²) in [5, 5.41) is 6.36. The molecule has 0 spiro atoms. The lowest BCUT2D eigenvalue weighted by molar-refractivity contribution is -0.160. The number of hydrogen-bond donors (Lipinski definition) is 2. The number of amides is 4. The maximum atomic E-state index is 13.3. The number of imide groups is 1. The van der Waals surface area contributed by atoms with Crippen LogP contribution in [0.4, 0.5) is 13.2 Å². The fraction of sp³-hybridized carbons (Fsp3) is 0.375. The van der Waals surface area contributed by atoms with Gasteiger partial charge in [-0.25, -0.2) is 0 Å². The standard InChI is InChI=1S/C24H20F3N3O5S/c25-24(26,27)23(7-8-23)13-3-1-12(2-4-13)19(32)21(34)28-9-17-14-10-30(22(35)15(14)11-36-17)16-5-6-18(31)29-20(16)33/h1-4,11,16H,5-10H2,(H,28,34)(H,29,31,33). The summed E-state index contributed by atoms with van der Waals surface area (Å²) in [5.74, 6) is -3.05. The second-order valence-electron chi connectivity index (χ2n) is 9.12. The van der Waals surface area contributed by atoms with Crippen molar-refractivity contribution in [1.29, 1.82) is 0 Å². The zero-order valence-corrected chi connectivity index (χ0v) is 19.6. The second-order valence-corrected chi connectivity index (χ2v) is 10.1. The van der Waals surface area contributed by atoms with Crippen LogP contribution in [0.2, 0.25) is 0 Å². The van der Waals surface area contributed by atoms with Crippen LogP contribution in [-0.4, -0.2) is 46.5 Å². The summed E-state index contributed by atoms with van der Waals surface area (Å²) in [6.07, 6.45) is -4.01. The summed E-state index contributed by atoms with van der Waals surface area (Å²) < 4.78 is 39.9. The van der Waals surface area contributed by atoms with Crippen molar-refractivity contribution in [3.8, 4) is 0 Å². The Labute approximate surface area is 206 Å². The van der Waals surface area contributed by atoms with Crippen LogP contribution >= 0.6 is 11.3 Å². The van der Waals surface area contributed by atoms with Gasteiger partial charge in [-0.2, -0.15) is 13.2 Å². The monoisotopic (exact) mass is 519 g/mol. The average Bonchev–Trinajstić information content (AvgIpc) is 3.48. The lowest BCUT2D eigenvalue weighted by atomic mass is 9.94. The first kappa shape index (κ1) is 24.2. The predicted octanol–water partition coefficient (Wildman–Crippen LogP) is 2.60. The Morgan fingerprint density at radius 2 is 1.83 bits per heavy atom. The molecule has 1 saturated carbocycles. The number of nitrogens with zero attached hydrogens (tertiary/aromatic N) is 1. The van der Waals surface area contributed by atoms with Gasteiger partial charge in [0.1, 0.15) is 6.04 Å². The quantitative estimate of drug-likeness (QED) is 0.346. The number of thiophene rings is 1. The van der Waals surface area contributed by atoms with E-state index < -0.39 is 35.2 Å². The fourth-order valence-corrected chi connectivity index (χ4v) is 5.70. The van der Waals surface area contributed by atoms with E-state index in [9.17, 15) is 37.1 Å². The highest BCUT2D eigenvalue weighted by molar-refractivity contribution is 7.10. The fourth-order valence-electron chi connectivity index (χ4n) is 4.73. The molecule has 8 nitrogen and oxygen atoms in total. The van der Waals surface area contributed by atoms with Crippen LogP contribution in [-0.2, 0) is 32.9 Å². The number of piperidine rings is 1. The van der Waals surface area contributed by atoms with Crippen LogP contribution in [0, 0.1) is 0 Å². The van der Waals surface area contributed by atoms with Gasteiger partial charge in [0, 0.05) is 28.8 Å². The third-order valence-corrected chi connectivity index (χ3v) is 8.02. The zero-order chi connectivity index (χ0) is 25.8. The number of ketones is 1. The molecule has 3 aliphatic rings. The van der Waals surface area contributed by atoms with E-state index in [0.717, 1.165) is 0 Å². The summed E-state index contributed by atoms with van der Waals surface area (Å²) in [6.45, 7) is 0.113. The minimum Gasteiger partial charge on any atom is -0.344 e. The van der Waals surface area contributed by atoms with Crippen LogP contribution in [0.25, 0.3) is 0 Å². The third-order valence-electron chi connectivity index (χ3n) is 6.99. The van der Waals surface area contributed by atoms with Gasteiger partial charge >= 0.3 is 6.18 Å². The van der Waals surface area contributed by atoms with E-state index in [4.69, 9.17) is 0 Å². The largest absolute Gasteiger partial charge is 0.398 e. The highest BCUT2D eigenvalue weighted by atomic mass is 32.1. The Balaban J connectivity index is 1.22. The number of carbonyl (C=O) groups excluding carboxylic acids is 5. The van der Waals surface area contributed by atoms with Crippen LogP contribution < -0.4 is 10.6 Å². The van der Waals surface area contributed by atoms with E-state index in [0.29, 0.717) is 16.0 Å². The van der Waals surface area contributed by atoms with Crippen LogP contribution in [0.5, 0.6) is 0 Å². The summed E-state index contributed by atoms with van der Waals surface area (Å²) in [6, 6.07) is 4.17. The van der Waals surface area contributed by atoms with Gasteiger partial charge < -0.3 is 10.2 Å². The van der Waals surface area contributed by atoms with Gasteiger partial charge in [-0.1, -0.05) is 24.3 Å². The topological polar surface area (TPSA) is 113 Å². The molecule has 1 aromatic carbocycles. The lowest BCUT2D eigenvalue weighted by Gasteiger charge is -2.29. The molecule has 5 rings (SSSR count). The number of alkyl halides is 3. The molecule has 12 heteroatoms. The molecule has 0 radical (unpaired) electrons. The van der Waals surface area contributed by atoms with Gasteiger partial charge in [0.15, 0.2) is 0 Å². The van der Waals surface area contributed by atoms with Gasteiger partial charge in [-0.05, 0) is 30.4 Å². The molecule has 36 heavy (non-hydrogen) atoms. The molecule has 1 aliphatic carbocycles. The van der Waals surface area contributed by atoms with Crippen molar-refractivity contribution >= 4 is 40.7 Å². The van der Waals surface area contributed by atoms with Gasteiger partial charge in [-0.3, -0.25) is 29.3 Å². The number of carbonyl (C=O) groups is 5. The molecule has 2 fully saturated rings. The van der Waals surface area contributed by atoms with E-state index >= 15 is 0 Å². The average molecular weight is 520 g/mol.